The molecule has 0 spiro atoms. The fourth-order valence-corrected chi connectivity index (χ4v) is 2.21. The Morgan fingerprint density at radius 3 is 2.95 bits per heavy atom. The molecular weight excluding hydrogens is 234 g/mol. The first-order valence-electron chi connectivity index (χ1n) is 7.12. The van der Waals surface area contributed by atoms with Gasteiger partial charge in [-0.15, -0.1) is 6.42 Å². The Kier molecular flexibility index (Phi) is 4.81. The van der Waals surface area contributed by atoms with Crippen LogP contribution in [0.4, 0.5) is 5.69 Å². The summed E-state index contributed by atoms with van der Waals surface area (Å²) in [5.74, 6) is 2.76. The summed E-state index contributed by atoms with van der Waals surface area (Å²) in [5.41, 5.74) is 3.53. The average molecular weight is 257 g/mol. The maximum atomic E-state index is 5.49. The molecule has 1 aromatic heterocycles. The number of rotatable bonds is 7. The van der Waals surface area contributed by atoms with Gasteiger partial charge in [0.15, 0.2) is 0 Å². The quantitative estimate of drug-likeness (QED) is 0.761. The van der Waals surface area contributed by atoms with Crippen molar-refractivity contribution >= 4 is 5.69 Å². The lowest BCUT2D eigenvalue weighted by Gasteiger charge is -2.25. The van der Waals surface area contributed by atoms with E-state index in [1.54, 1.807) is 0 Å². The summed E-state index contributed by atoms with van der Waals surface area (Å²) in [6.07, 6.45) is 11.2. The zero-order valence-corrected chi connectivity index (χ0v) is 11.9. The molecule has 1 aliphatic carbocycles. The van der Waals surface area contributed by atoms with Crippen LogP contribution in [0.2, 0.25) is 0 Å². The third kappa shape index (κ3) is 3.97. The first-order valence-corrected chi connectivity index (χ1v) is 7.12. The fraction of sp³-hybridized carbons (Fsp3) is 0.562. The number of anilines is 1. The van der Waals surface area contributed by atoms with Crippen LogP contribution in [0, 0.1) is 19.3 Å². The van der Waals surface area contributed by atoms with Gasteiger partial charge in [-0.2, -0.15) is 0 Å². The zero-order chi connectivity index (χ0) is 13.7. The molecule has 0 radical (unpaired) electrons. The fourth-order valence-electron chi connectivity index (χ4n) is 2.21. The molecule has 0 aromatic carbocycles. The molecule has 0 unspecified atom stereocenters. The molecule has 1 heterocycles. The van der Waals surface area contributed by atoms with E-state index in [4.69, 9.17) is 6.42 Å². The summed E-state index contributed by atoms with van der Waals surface area (Å²) >= 11 is 0. The van der Waals surface area contributed by atoms with Crippen molar-refractivity contribution < 1.29 is 0 Å². The second-order valence-corrected chi connectivity index (χ2v) is 5.24. The first kappa shape index (κ1) is 13.9. The second kappa shape index (κ2) is 6.58. The van der Waals surface area contributed by atoms with Crippen LogP contribution in [0.15, 0.2) is 12.3 Å². The minimum absolute atomic E-state index is 0.660. The molecule has 1 saturated carbocycles. The lowest BCUT2D eigenvalue weighted by Crippen LogP contribution is -2.27. The van der Waals surface area contributed by atoms with Crippen LogP contribution < -0.4 is 10.2 Å². The van der Waals surface area contributed by atoms with Crippen LogP contribution in [-0.4, -0.2) is 24.1 Å². The maximum absolute atomic E-state index is 5.49. The van der Waals surface area contributed by atoms with E-state index >= 15 is 0 Å². The van der Waals surface area contributed by atoms with Gasteiger partial charge < -0.3 is 10.2 Å². The molecule has 3 nitrogen and oxygen atoms in total. The molecule has 1 N–H and O–H groups in total. The number of pyridine rings is 1. The molecule has 0 bridgehead atoms. The molecule has 1 fully saturated rings. The predicted octanol–water partition coefficient (Wildman–Crippen LogP) is 2.49. The summed E-state index contributed by atoms with van der Waals surface area (Å²) < 4.78 is 0. The van der Waals surface area contributed by atoms with Crippen LogP contribution in [0.25, 0.3) is 0 Å². The van der Waals surface area contributed by atoms with Gasteiger partial charge in [0.2, 0.25) is 0 Å². The summed E-state index contributed by atoms with van der Waals surface area (Å²) in [4.78, 5) is 6.70. The smallest absolute Gasteiger partial charge is 0.0791 e. The Hall–Kier alpha value is -1.53. The van der Waals surface area contributed by atoms with E-state index in [0.29, 0.717) is 12.6 Å². The molecular formula is C16H23N3. The Labute approximate surface area is 116 Å². The van der Waals surface area contributed by atoms with Gasteiger partial charge in [0.05, 0.1) is 6.54 Å². The Bertz CT molecular complexity index is 458. The standard InChI is InChI=1S/C16H23N3/c1-4-8-19(9-5-2)16-10-13(3)17-11-14(16)12-18-15-6-7-15/h1,10-11,15,18H,5-9,12H2,2-3H3. The first-order chi connectivity index (χ1) is 9.24. The third-order valence-corrected chi connectivity index (χ3v) is 3.37. The zero-order valence-electron chi connectivity index (χ0n) is 11.9. The van der Waals surface area contributed by atoms with E-state index in [-0.39, 0.29) is 0 Å². The van der Waals surface area contributed by atoms with Crippen molar-refractivity contribution in [1.82, 2.24) is 10.3 Å². The summed E-state index contributed by atoms with van der Waals surface area (Å²) in [6.45, 7) is 6.75. The highest BCUT2D eigenvalue weighted by atomic mass is 15.1. The number of nitrogens with zero attached hydrogens (tertiary/aromatic N) is 2. The van der Waals surface area contributed by atoms with E-state index in [1.165, 1.54) is 24.1 Å². The topological polar surface area (TPSA) is 28.2 Å². The molecule has 2 rings (SSSR count). The van der Waals surface area contributed by atoms with Gasteiger partial charge in [-0.1, -0.05) is 12.8 Å². The van der Waals surface area contributed by atoms with E-state index in [1.807, 2.05) is 13.1 Å². The van der Waals surface area contributed by atoms with Gasteiger partial charge in [0.1, 0.15) is 0 Å². The third-order valence-electron chi connectivity index (χ3n) is 3.37. The molecule has 0 amide bonds. The molecule has 102 valence electrons. The normalized spacial score (nSPS) is 14.2. The SMILES string of the molecule is C#CCN(CCC)c1cc(C)ncc1CNC1CC1. The van der Waals surface area contributed by atoms with Crippen molar-refractivity contribution in [2.75, 3.05) is 18.0 Å². The molecule has 0 atom stereocenters. The van der Waals surface area contributed by atoms with Crippen molar-refractivity contribution in [2.24, 2.45) is 0 Å². The summed E-state index contributed by atoms with van der Waals surface area (Å²) in [6, 6.07) is 2.86. The highest BCUT2D eigenvalue weighted by molar-refractivity contribution is 5.54. The largest absolute Gasteiger partial charge is 0.360 e. The van der Waals surface area contributed by atoms with E-state index < -0.39 is 0 Å². The highest BCUT2D eigenvalue weighted by Gasteiger charge is 2.21. The number of hydrogen-bond donors (Lipinski definition) is 1. The maximum Gasteiger partial charge on any atom is 0.0791 e. The van der Waals surface area contributed by atoms with Gasteiger partial charge in [-0.25, -0.2) is 0 Å². The Morgan fingerprint density at radius 1 is 1.53 bits per heavy atom. The van der Waals surface area contributed by atoms with E-state index in [2.05, 4.69) is 34.1 Å². The number of nitrogens with one attached hydrogen (secondary N) is 1. The number of aryl methyl sites for hydroxylation is 1. The highest BCUT2D eigenvalue weighted by Crippen LogP contribution is 2.24. The second-order valence-electron chi connectivity index (χ2n) is 5.24. The van der Waals surface area contributed by atoms with E-state index in [9.17, 15) is 0 Å². The van der Waals surface area contributed by atoms with Gasteiger partial charge >= 0.3 is 0 Å². The van der Waals surface area contributed by atoms with Crippen LogP contribution >= 0.6 is 0 Å². The van der Waals surface area contributed by atoms with Gasteiger partial charge in [-0.05, 0) is 32.3 Å². The van der Waals surface area contributed by atoms with Crippen LogP contribution in [0.3, 0.4) is 0 Å². The molecule has 19 heavy (non-hydrogen) atoms. The number of aromatic nitrogens is 1. The summed E-state index contributed by atoms with van der Waals surface area (Å²) in [5, 5.41) is 3.55. The molecule has 0 saturated heterocycles. The van der Waals surface area contributed by atoms with Gasteiger partial charge in [-0.3, -0.25) is 4.98 Å². The lowest BCUT2D eigenvalue weighted by atomic mass is 10.1. The average Bonchev–Trinajstić information content (AvgIpc) is 3.21. The van der Waals surface area contributed by atoms with Crippen LogP contribution in [0.5, 0.6) is 0 Å². The van der Waals surface area contributed by atoms with Crippen molar-refractivity contribution in [3.63, 3.8) is 0 Å². The van der Waals surface area contributed by atoms with Crippen molar-refractivity contribution in [3.8, 4) is 12.3 Å². The number of hydrogen-bond acceptors (Lipinski definition) is 3. The lowest BCUT2D eigenvalue weighted by molar-refractivity contribution is 0.681. The molecule has 3 heteroatoms. The Morgan fingerprint density at radius 2 is 2.32 bits per heavy atom. The van der Waals surface area contributed by atoms with Crippen LogP contribution in [-0.2, 0) is 6.54 Å². The van der Waals surface area contributed by atoms with Crippen molar-refractivity contribution in [1.29, 1.82) is 0 Å². The Balaban J connectivity index is 2.17. The molecule has 1 aliphatic rings. The van der Waals surface area contributed by atoms with Gasteiger partial charge in [0.25, 0.3) is 0 Å². The van der Waals surface area contributed by atoms with Crippen molar-refractivity contribution in [3.05, 3.63) is 23.5 Å². The molecule has 1 aromatic rings. The predicted molar refractivity (Wildman–Crippen MR) is 80.2 cm³/mol. The van der Waals surface area contributed by atoms with E-state index in [0.717, 1.165) is 25.2 Å². The minimum atomic E-state index is 0.660. The molecule has 0 aliphatic heterocycles. The van der Waals surface area contributed by atoms with Crippen LogP contribution in [0.1, 0.15) is 37.4 Å². The number of terminal acetylenes is 1. The summed E-state index contributed by atoms with van der Waals surface area (Å²) in [7, 11) is 0. The monoisotopic (exact) mass is 257 g/mol. The van der Waals surface area contributed by atoms with Gasteiger partial charge in [0, 0.05) is 42.3 Å². The minimum Gasteiger partial charge on any atom is -0.360 e. The van der Waals surface area contributed by atoms with Crippen molar-refractivity contribution in [2.45, 2.75) is 45.7 Å².